The molecule has 0 saturated heterocycles. The number of benzene rings is 2. The molecule has 0 amide bonds. The van der Waals surface area contributed by atoms with Gasteiger partial charge in [-0.05, 0) is 42.5 Å². The normalized spacial score (nSPS) is 12.4. The highest BCUT2D eigenvalue weighted by Gasteiger charge is 2.07. The Labute approximate surface area is 127 Å². The lowest BCUT2D eigenvalue weighted by Gasteiger charge is -2.16. The Morgan fingerprint density at radius 1 is 1.11 bits per heavy atom. The van der Waals surface area contributed by atoms with Gasteiger partial charge in [-0.25, -0.2) is 0 Å². The van der Waals surface area contributed by atoms with Crippen LogP contribution in [-0.4, -0.2) is 6.26 Å². The molecular weight excluding hydrogens is 318 g/mol. The third-order valence-electron chi connectivity index (χ3n) is 3.14. The van der Waals surface area contributed by atoms with Crippen molar-refractivity contribution in [2.24, 2.45) is 0 Å². The van der Waals surface area contributed by atoms with Gasteiger partial charge in [-0.15, -0.1) is 11.8 Å². The Hall–Kier alpha value is -0.770. The average molecular weight is 336 g/mol. The standard InChI is InChI=1S/C16H18BrNS/c1-12(15-5-3-4-6-16(15)17)18-11-13-7-9-14(19-2)10-8-13/h3-10,12,18H,11H2,1-2H3. The zero-order valence-electron chi connectivity index (χ0n) is 11.2. The molecular formula is C16H18BrNS. The van der Waals surface area contributed by atoms with Gasteiger partial charge in [-0.1, -0.05) is 46.3 Å². The Kier molecular flexibility index (Phi) is 5.49. The summed E-state index contributed by atoms with van der Waals surface area (Å²) in [5.74, 6) is 0. The van der Waals surface area contributed by atoms with Crippen LogP contribution in [-0.2, 0) is 6.54 Å². The minimum Gasteiger partial charge on any atom is -0.306 e. The number of thioether (sulfide) groups is 1. The van der Waals surface area contributed by atoms with Crippen LogP contribution in [0.25, 0.3) is 0 Å². The summed E-state index contributed by atoms with van der Waals surface area (Å²) in [6, 6.07) is 17.4. The van der Waals surface area contributed by atoms with Crippen molar-refractivity contribution < 1.29 is 0 Å². The molecule has 2 aromatic carbocycles. The highest BCUT2D eigenvalue weighted by Crippen LogP contribution is 2.23. The van der Waals surface area contributed by atoms with Crippen LogP contribution in [0, 0.1) is 0 Å². The first-order valence-electron chi connectivity index (χ1n) is 6.31. The van der Waals surface area contributed by atoms with Crippen LogP contribution in [0.5, 0.6) is 0 Å². The molecule has 0 bridgehead atoms. The fourth-order valence-electron chi connectivity index (χ4n) is 1.95. The van der Waals surface area contributed by atoms with Gasteiger partial charge >= 0.3 is 0 Å². The van der Waals surface area contributed by atoms with E-state index in [1.165, 1.54) is 16.0 Å². The summed E-state index contributed by atoms with van der Waals surface area (Å²) < 4.78 is 1.16. The Morgan fingerprint density at radius 3 is 2.42 bits per heavy atom. The molecule has 19 heavy (non-hydrogen) atoms. The van der Waals surface area contributed by atoms with Crippen molar-refractivity contribution in [2.75, 3.05) is 6.26 Å². The fraction of sp³-hybridized carbons (Fsp3) is 0.250. The van der Waals surface area contributed by atoms with Crippen LogP contribution in [0.2, 0.25) is 0 Å². The molecule has 0 heterocycles. The van der Waals surface area contributed by atoms with E-state index in [4.69, 9.17) is 0 Å². The van der Waals surface area contributed by atoms with E-state index in [1.807, 2.05) is 6.07 Å². The van der Waals surface area contributed by atoms with Gasteiger partial charge < -0.3 is 5.32 Å². The number of hydrogen-bond donors (Lipinski definition) is 1. The van der Waals surface area contributed by atoms with Crippen molar-refractivity contribution in [3.63, 3.8) is 0 Å². The predicted molar refractivity (Wildman–Crippen MR) is 87.6 cm³/mol. The highest BCUT2D eigenvalue weighted by atomic mass is 79.9. The van der Waals surface area contributed by atoms with Gasteiger partial charge in [-0.3, -0.25) is 0 Å². The van der Waals surface area contributed by atoms with Gasteiger partial charge in [0.2, 0.25) is 0 Å². The largest absolute Gasteiger partial charge is 0.306 e. The first-order chi connectivity index (χ1) is 9.20. The lowest BCUT2D eigenvalue weighted by atomic mass is 10.1. The second-order valence-corrected chi connectivity index (χ2v) is 6.21. The molecule has 0 aliphatic heterocycles. The van der Waals surface area contributed by atoms with E-state index >= 15 is 0 Å². The van der Waals surface area contributed by atoms with E-state index in [-0.39, 0.29) is 0 Å². The van der Waals surface area contributed by atoms with Crippen molar-refractivity contribution in [1.82, 2.24) is 5.32 Å². The maximum atomic E-state index is 3.60. The number of hydrogen-bond acceptors (Lipinski definition) is 2. The van der Waals surface area contributed by atoms with E-state index < -0.39 is 0 Å². The summed E-state index contributed by atoms with van der Waals surface area (Å²) in [5, 5.41) is 3.56. The monoisotopic (exact) mass is 335 g/mol. The summed E-state index contributed by atoms with van der Waals surface area (Å²) in [4.78, 5) is 1.31. The van der Waals surface area contributed by atoms with E-state index in [0.29, 0.717) is 6.04 Å². The molecule has 0 radical (unpaired) electrons. The van der Waals surface area contributed by atoms with Gasteiger partial charge in [0.25, 0.3) is 0 Å². The van der Waals surface area contributed by atoms with E-state index in [0.717, 1.165) is 11.0 Å². The lowest BCUT2D eigenvalue weighted by Crippen LogP contribution is -2.18. The maximum absolute atomic E-state index is 3.60. The molecule has 0 fully saturated rings. The van der Waals surface area contributed by atoms with Crippen molar-refractivity contribution in [1.29, 1.82) is 0 Å². The van der Waals surface area contributed by atoms with Crippen LogP contribution in [0.15, 0.2) is 57.9 Å². The quantitative estimate of drug-likeness (QED) is 0.769. The third kappa shape index (κ3) is 4.10. The van der Waals surface area contributed by atoms with E-state index in [1.54, 1.807) is 11.8 Å². The molecule has 1 nitrogen and oxygen atoms in total. The highest BCUT2D eigenvalue weighted by molar-refractivity contribution is 9.10. The predicted octanol–water partition coefficient (Wildman–Crippen LogP) is 5.02. The van der Waals surface area contributed by atoms with Gasteiger partial charge in [0.05, 0.1) is 0 Å². The van der Waals surface area contributed by atoms with Crippen molar-refractivity contribution in [2.45, 2.75) is 24.4 Å². The van der Waals surface area contributed by atoms with Gasteiger partial charge in [0.1, 0.15) is 0 Å². The Morgan fingerprint density at radius 2 is 1.79 bits per heavy atom. The van der Waals surface area contributed by atoms with Crippen molar-refractivity contribution in [3.05, 3.63) is 64.1 Å². The first-order valence-corrected chi connectivity index (χ1v) is 8.33. The summed E-state index contributed by atoms with van der Waals surface area (Å²) in [7, 11) is 0. The molecule has 0 aliphatic carbocycles. The van der Waals surface area contributed by atoms with E-state index in [9.17, 15) is 0 Å². The van der Waals surface area contributed by atoms with E-state index in [2.05, 4.69) is 76.9 Å². The van der Waals surface area contributed by atoms with Gasteiger partial charge in [-0.2, -0.15) is 0 Å². The van der Waals surface area contributed by atoms with Crippen LogP contribution in [0.3, 0.4) is 0 Å². The zero-order valence-corrected chi connectivity index (χ0v) is 13.6. The lowest BCUT2D eigenvalue weighted by molar-refractivity contribution is 0.572. The van der Waals surface area contributed by atoms with Crippen LogP contribution >= 0.6 is 27.7 Å². The zero-order chi connectivity index (χ0) is 13.7. The number of nitrogens with one attached hydrogen (secondary N) is 1. The molecule has 100 valence electrons. The molecule has 3 heteroatoms. The molecule has 0 aliphatic rings. The Bertz CT molecular complexity index is 525. The first kappa shape index (κ1) is 14.6. The fourth-order valence-corrected chi connectivity index (χ4v) is 2.99. The maximum Gasteiger partial charge on any atom is 0.0306 e. The number of halogens is 1. The summed E-state index contributed by atoms with van der Waals surface area (Å²) in [5.41, 5.74) is 2.61. The van der Waals surface area contributed by atoms with Gasteiger partial charge in [0.15, 0.2) is 0 Å². The minimum absolute atomic E-state index is 0.329. The molecule has 0 saturated carbocycles. The minimum atomic E-state index is 0.329. The number of rotatable bonds is 5. The topological polar surface area (TPSA) is 12.0 Å². The molecule has 0 aromatic heterocycles. The van der Waals surface area contributed by atoms with Gasteiger partial charge in [0, 0.05) is 22.0 Å². The summed E-state index contributed by atoms with van der Waals surface area (Å²) >= 11 is 5.37. The van der Waals surface area contributed by atoms with Crippen LogP contribution in [0.1, 0.15) is 24.1 Å². The Balaban J connectivity index is 1.96. The molecule has 2 aromatic rings. The molecule has 1 atom stereocenters. The third-order valence-corrected chi connectivity index (χ3v) is 4.61. The van der Waals surface area contributed by atoms with Crippen molar-refractivity contribution >= 4 is 27.7 Å². The smallest absolute Gasteiger partial charge is 0.0306 e. The molecule has 1 unspecified atom stereocenters. The van der Waals surface area contributed by atoms with Crippen LogP contribution < -0.4 is 5.32 Å². The molecule has 1 N–H and O–H groups in total. The van der Waals surface area contributed by atoms with Crippen molar-refractivity contribution in [3.8, 4) is 0 Å². The molecule has 2 rings (SSSR count). The SMILES string of the molecule is CSc1ccc(CNC(C)c2ccccc2Br)cc1. The second kappa shape index (κ2) is 7.13. The molecule has 0 spiro atoms. The average Bonchev–Trinajstić information content (AvgIpc) is 2.46. The summed E-state index contributed by atoms with van der Waals surface area (Å²) in [6.45, 7) is 3.08. The summed E-state index contributed by atoms with van der Waals surface area (Å²) in [6.07, 6.45) is 2.10. The van der Waals surface area contributed by atoms with Crippen LogP contribution in [0.4, 0.5) is 0 Å². The second-order valence-electron chi connectivity index (χ2n) is 4.47.